The number of fused-ring (bicyclic) bond motifs is 1. The summed E-state index contributed by atoms with van der Waals surface area (Å²) >= 11 is 0. The summed E-state index contributed by atoms with van der Waals surface area (Å²) < 4.78 is 5.17. The summed E-state index contributed by atoms with van der Waals surface area (Å²) in [5, 5.41) is 12.5. The topological polar surface area (TPSA) is 67.0 Å². The highest BCUT2D eigenvalue weighted by atomic mass is 16.5. The Bertz CT molecular complexity index is 1110. The van der Waals surface area contributed by atoms with Gasteiger partial charge in [-0.3, -0.25) is 9.89 Å². The molecule has 5 nitrogen and oxygen atoms in total. The first-order valence-corrected chi connectivity index (χ1v) is 9.14. The quantitative estimate of drug-likeness (QED) is 0.533. The summed E-state index contributed by atoms with van der Waals surface area (Å²) in [6.45, 7) is 1.95. The first-order valence-electron chi connectivity index (χ1n) is 9.14. The van der Waals surface area contributed by atoms with Crippen LogP contribution < -0.4 is 10.1 Å². The highest BCUT2D eigenvalue weighted by Gasteiger charge is 2.15. The van der Waals surface area contributed by atoms with Gasteiger partial charge in [0.1, 0.15) is 11.4 Å². The van der Waals surface area contributed by atoms with Crippen molar-refractivity contribution in [2.45, 2.75) is 13.0 Å². The van der Waals surface area contributed by atoms with Crippen LogP contribution in [0.1, 0.15) is 29.0 Å². The van der Waals surface area contributed by atoms with E-state index in [0.717, 1.165) is 33.3 Å². The van der Waals surface area contributed by atoms with E-state index in [1.807, 2.05) is 55.5 Å². The van der Waals surface area contributed by atoms with Crippen molar-refractivity contribution in [3.05, 3.63) is 84.1 Å². The van der Waals surface area contributed by atoms with Gasteiger partial charge >= 0.3 is 0 Å². The summed E-state index contributed by atoms with van der Waals surface area (Å²) in [7, 11) is 1.63. The summed E-state index contributed by atoms with van der Waals surface area (Å²) in [6.07, 6.45) is 0. The average molecular weight is 371 g/mol. The molecule has 1 unspecified atom stereocenters. The molecule has 140 valence electrons. The molecule has 0 saturated carbocycles. The van der Waals surface area contributed by atoms with E-state index in [-0.39, 0.29) is 11.9 Å². The van der Waals surface area contributed by atoms with Gasteiger partial charge in [-0.25, -0.2) is 0 Å². The molecular weight excluding hydrogens is 350 g/mol. The number of methoxy groups -OCH3 is 1. The number of rotatable bonds is 5. The van der Waals surface area contributed by atoms with Crippen molar-refractivity contribution in [1.82, 2.24) is 15.5 Å². The Balaban J connectivity index is 1.54. The third-order valence-electron chi connectivity index (χ3n) is 4.85. The van der Waals surface area contributed by atoms with Crippen molar-refractivity contribution in [3.8, 4) is 17.0 Å². The molecule has 0 bridgehead atoms. The number of H-pyrrole nitrogens is 1. The van der Waals surface area contributed by atoms with Crippen LogP contribution in [0.5, 0.6) is 5.75 Å². The zero-order chi connectivity index (χ0) is 19.5. The van der Waals surface area contributed by atoms with Gasteiger partial charge < -0.3 is 10.1 Å². The molecule has 0 aliphatic rings. The molecule has 0 aliphatic heterocycles. The van der Waals surface area contributed by atoms with Crippen molar-refractivity contribution < 1.29 is 9.53 Å². The molecule has 1 heterocycles. The first-order chi connectivity index (χ1) is 13.7. The van der Waals surface area contributed by atoms with Crippen LogP contribution in [-0.2, 0) is 0 Å². The highest BCUT2D eigenvalue weighted by Crippen LogP contribution is 2.27. The van der Waals surface area contributed by atoms with Gasteiger partial charge in [0, 0.05) is 5.56 Å². The fourth-order valence-electron chi connectivity index (χ4n) is 3.28. The molecule has 0 fully saturated rings. The molecule has 1 amide bonds. The standard InChI is InChI=1S/C23H21N3O2/c1-15(16-10-12-18(28-2)13-11-16)24-23(27)22-14-21(25-26-22)20-9-5-7-17-6-3-4-8-19(17)20/h3-15H,1-2H3,(H,24,27)(H,25,26). The molecule has 28 heavy (non-hydrogen) atoms. The average Bonchev–Trinajstić information content (AvgIpc) is 3.23. The van der Waals surface area contributed by atoms with Gasteiger partial charge in [0.25, 0.3) is 5.91 Å². The van der Waals surface area contributed by atoms with E-state index >= 15 is 0 Å². The first kappa shape index (κ1) is 17.8. The van der Waals surface area contributed by atoms with Gasteiger partial charge in [-0.15, -0.1) is 0 Å². The molecular formula is C23H21N3O2. The van der Waals surface area contributed by atoms with E-state index in [2.05, 4.69) is 33.7 Å². The lowest BCUT2D eigenvalue weighted by molar-refractivity contribution is 0.0935. The number of amides is 1. The maximum Gasteiger partial charge on any atom is 0.269 e. The normalized spacial score (nSPS) is 11.9. The van der Waals surface area contributed by atoms with E-state index in [9.17, 15) is 4.79 Å². The number of aromatic nitrogens is 2. The second kappa shape index (κ2) is 7.56. The van der Waals surface area contributed by atoms with Gasteiger partial charge in [-0.1, -0.05) is 54.6 Å². The molecule has 1 atom stereocenters. The minimum atomic E-state index is -0.192. The molecule has 4 rings (SSSR count). The monoisotopic (exact) mass is 371 g/mol. The summed E-state index contributed by atoms with van der Waals surface area (Å²) in [5.41, 5.74) is 3.18. The van der Waals surface area contributed by atoms with E-state index in [1.54, 1.807) is 13.2 Å². The number of carbonyl (C=O) groups is 1. The molecule has 3 aromatic carbocycles. The third-order valence-corrected chi connectivity index (χ3v) is 4.85. The highest BCUT2D eigenvalue weighted by molar-refractivity contribution is 5.98. The molecule has 0 aliphatic carbocycles. The Labute approximate surface area is 163 Å². The summed E-state index contributed by atoms with van der Waals surface area (Å²) in [6, 6.07) is 23.5. The van der Waals surface area contributed by atoms with Crippen LogP contribution in [0.15, 0.2) is 72.8 Å². The van der Waals surface area contributed by atoms with Crippen molar-refractivity contribution in [2.24, 2.45) is 0 Å². The molecule has 5 heteroatoms. The number of carbonyl (C=O) groups excluding carboxylic acids is 1. The maximum atomic E-state index is 12.7. The molecule has 0 radical (unpaired) electrons. The Kier molecular flexibility index (Phi) is 4.81. The minimum absolute atomic E-state index is 0.136. The second-order valence-electron chi connectivity index (χ2n) is 6.66. The van der Waals surface area contributed by atoms with E-state index in [1.165, 1.54) is 0 Å². The van der Waals surface area contributed by atoms with Crippen molar-refractivity contribution in [3.63, 3.8) is 0 Å². The third kappa shape index (κ3) is 3.47. The number of nitrogens with zero attached hydrogens (tertiary/aromatic N) is 1. The lowest BCUT2D eigenvalue weighted by Gasteiger charge is -2.14. The van der Waals surface area contributed by atoms with Crippen LogP contribution in [0, 0.1) is 0 Å². The van der Waals surface area contributed by atoms with E-state index < -0.39 is 0 Å². The summed E-state index contributed by atoms with van der Waals surface area (Å²) in [4.78, 5) is 12.7. The minimum Gasteiger partial charge on any atom is -0.497 e. The fraction of sp³-hybridized carbons (Fsp3) is 0.130. The number of hydrogen-bond donors (Lipinski definition) is 2. The van der Waals surface area contributed by atoms with Crippen molar-refractivity contribution in [1.29, 1.82) is 0 Å². The number of aromatic amines is 1. The zero-order valence-electron chi connectivity index (χ0n) is 15.8. The number of hydrogen-bond acceptors (Lipinski definition) is 3. The van der Waals surface area contributed by atoms with Gasteiger partial charge in [-0.2, -0.15) is 5.10 Å². The van der Waals surface area contributed by atoms with Crippen LogP contribution in [0.2, 0.25) is 0 Å². The van der Waals surface area contributed by atoms with Gasteiger partial charge in [0.15, 0.2) is 0 Å². The summed E-state index contributed by atoms with van der Waals surface area (Å²) in [5.74, 6) is 0.595. The van der Waals surface area contributed by atoms with Gasteiger partial charge in [0.2, 0.25) is 0 Å². The fourth-order valence-corrected chi connectivity index (χ4v) is 3.28. The SMILES string of the molecule is COc1ccc(C(C)NC(=O)c2cc(-c3cccc4ccccc34)n[nH]2)cc1. The van der Waals surface area contributed by atoms with Gasteiger partial charge in [0.05, 0.1) is 18.8 Å². The second-order valence-corrected chi connectivity index (χ2v) is 6.66. The van der Waals surface area contributed by atoms with Crippen molar-refractivity contribution >= 4 is 16.7 Å². The predicted molar refractivity (Wildman–Crippen MR) is 110 cm³/mol. The van der Waals surface area contributed by atoms with Crippen LogP contribution >= 0.6 is 0 Å². The number of ether oxygens (including phenoxy) is 1. The predicted octanol–water partition coefficient (Wildman–Crippen LogP) is 4.73. The van der Waals surface area contributed by atoms with Crippen LogP contribution in [0.4, 0.5) is 0 Å². The Morgan fingerprint density at radius 2 is 1.79 bits per heavy atom. The number of benzene rings is 3. The van der Waals surface area contributed by atoms with E-state index in [0.29, 0.717) is 5.69 Å². The van der Waals surface area contributed by atoms with Crippen LogP contribution in [0.25, 0.3) is 22.0 Å². The Morgan fingerprint density at radius 3 is 2.57 bits per heavy atom. The molecule has 4 aromatic rings. The molecule has 0 saturated heterocycles. The Hall–Kier alpha value is -3.60. The van der Waals surface area contributed by atoms with Gasteiger partial charge in [-0.05, 0) is 41.5 Å². The van der Waals surface area contributed by atoms with Crippen molar-refractivity contribution in [2.75, 3.05) is 7.11 Å². The van der Waals surface area contributed by atoms with Crippen LogP contribution in [-0.4, -0.2) is 23.2 Å². The lowest BCUT2D eigenvalue weighted by atomic mass is 10.0. The smallest absolute Gasteiger partial charge is 0.269 e. The lowest BCUT2D eigenvalue weighted by Crippen LogP contribution is -2.26. The maximum absolute atomic E-state index is 12.7. The Morgan fingerprint density at radius 1 is 1.04 bits per heavy atom. The zero-order valence-corrected chi connectivity index (χ0v) is 15.8. The van der Waals surface area contributed by atoms with Crippen LogP contribution in [0.3, 0.4) is 0 Å². The molecule has 1 aromatic heterocycles. The van der Waals surface area contributed by atoms with E-state index in [4.69, 9.17) is 4.74 Å². The largest absolute Gasteiger partial charge is 0.497 e. The molecule has 2 N–H and O–H groups in total. The number of nitrogens with one attached hydrogen (secondary N) is 2. The molecule has 0 spiro atoms.